The van der Waals surface area contributed by atoms with Crippen molar-refractivity contribution < 1.29 is 9.90 Å². The summed E-state index contributed by atoms with van der Waals surface area (Å²) >= 11 is 0. The van der Waals surface area contributed by atoms with Crippen molar-refractivity contribution in [2.24, 2.45) is 0 Å². The van der Waals surface area contributed by atoms with Crippen molar-refractivity contribution in [1.29, 1.82) is 0 Å². The van der Waals surface area contributed by atoms with Gasteiger partial charge in [-0.15, -0.1) is 0 Å². The van der Waals surface area contributed by atoms with Gasteiger partial charge in [0, 0.05) is 0 Å². The second-order valence-corrected chi connectivity index (χ2v) is 2.86. The molecule has 0 fully saturated rings. The third-order valence-corrected chi connectivity index (χ3v) is 1.59. The average Bonchev–Trinajstić information content (AvgIpc) is 2.04. The Hall–Kier alpha value is -0.890. The van der Waals surface area contributed by atoms with Crippen LogP contribution in [-0.4, -0.2) is 18.0 Å². The van der Waals surface area contributed by atoms with Crippen LogP contribution in [-0.2, 0) is 4.79 Å². The Labute approximate surface area is 73.6 Å². The molecule has 0 aromatic heterocycles. The van der Waals surface area contributed by atoms with E-state index in [0.717, 1.165) is 24.0 Å². The lowest BCUT2D eigenvalue weighted by Gasteiger charge is -1.96. The highest BCUT2D eigenvalue weighted by molar-refractivity contribution is 5.66. The monoisotopic (exact) mass is 167 g/mol. The molecule has 0 bridgehead atoms. The highest BCUT2D eigenvalue weighted by Crippen LogP contribution is 2.05. The highest BCUT2D eigenvalue weighted by atomic mass is 16.3. The Bertz CT molecular complexity index is 190. The first-order valence-electron chi connectivity index (χ1n) is 4.00. The van der Waals surface area contributed by atoms with E-state index < -0.39 is 0 Å². The van der Waals surface area contributed by atoms with Crippen LogP contribution >= 0.6 is 0 Å². The molecule has 0 atom stereocenters. The van der Waals surface area contributed by atoms with Gasteiger partial charge in [-0.3, -0.25) is 4.79 Å². The second-order valence-electron chi connectivity index (χ2n) is 2.86. The zero-order chi connectivity index (χ0) is 9.40. The van der Waals surface area contributed by atoms with E-state index in [4.69, 9.17) is 5.11 Å². The van der Waals surface area contributed by atoms with Crippen LogP contribution in [0.4, 0.5) is 0 Å². The molecule has 0 unspecified atom stereocenters. The fourth-order valence-corrected chi connectivity index (χ4v) is 0.784. The summed E-state index contributed by atoms with van der Waals surface area (Å²) in [5.41, 5.74) is 1.99. The third kappa shape index (κ3) is 5.86. The molecule has 0 heterocycles. The maximum absolute atomic E-state index is 9.91. The Morgan fingerprint density at radius 3 is 2.58 bits per heavy atom. The first kappa shape index (κ1) is 11.1. The minimum atomic E-state index is 0.114. The summed E-state index contributed by atoms with van der Waals surface area (Å²) in [6.07, 6.45) is 6.88. The molecular formula is C10H15O2. The molecule has 0 saturated heterocycles. The van der Waals surface area contributed by atoms with E-state index in [1.807, 2.05) is 19.9 Å². The fraction of sp³-hybridized carbons (Fsp3) is 0.500. The highest BCUT2D eigenvalue weighted by Gasteiger charge is 1.89. The standard InChI is InChI=1S/C10H15O2/c1-9(6-7-11)4-3-5-10(2)8-12/h5-6,12H,3-4,8H2,1-2H3/b9-6-,10-5+. The van der Waals surface area contributed by atoms with Gasteiger partial charge in [0.15, 0.2) is 0 Å². The SMILES string of the molecule is C/C(=C/[C]=O)CC/C=C(\C)CO. The molecule has 0 aliphatic rings. The summed E-state index contributed by atoms with van der Waals surface area (Å²) in [5.74, 6) is 0. The summed E-state index contributed by atoms with van der Waals surface area (Å²) in [6, 6.07) is 0. The Balaban J connectivity index is 3.69. The number of aliphatic hydroxyl groups excluding tert-OH is 1. The molecule has 0 aliphatic carbocycles. The molecule has 0 aromatic carbocycles. The second kappa shape index (κ2) is 6.80. The van der Waals surface area contributed by atoms with Crippen molar-refractivity contribution in [1.82, 2.24) is 0 Å². The molecule has 2 heteroatoms. The molecule has 2 nitrogen and oxygen atoms in total. The summed E-state index contributed by atoms with van der Waals surface area (Å²) in [7, 11) is 0. The van der Waals surface area contributed by atoms with E-state index in [1.165, 1.54) is 6.08 Å². The van der Waals surface area contributed by atoms with Crippen molar-refractivity contribution in [2.75, 3.05) is 6.61 Å². The molecule has 1 N–H and O–H groups in total. The summed E-state index contributed by atoms with van der Waals surface area (Å²) in [4.78, 5) is 9.91. The van der Waals surface area contributed by atoms with Crippen molar-refractivity contribution in [2.45, 2.75) is 26.7 Å². The van der Waals surface area contributed by atoms with Crippen LogP contribution in [0.25, 0.3) is 0 Å². The van der Waals surface area contributed by atoms with Crippen molar-refractivity contribution in [3.05, 3.63) is 23.3 Å². The molecule has 0 spiro atoms. The normalized spacial score (nSPS) is 13.2. The Morgan fingerprint density at radius 1 is 1.42 bits per heavy atom. The van der Waals surface area contributed by atoms with E-state index in [2.05, 4.69) is 0 Å². The molecule has 12 heavy (non-hydrogen) atoms. The first-order valence-corrected chi connectivity index (χ1v) is 4.00. The number of allylic oxidation sites excluding steroid dienone is 3. The molecule has 0 saturated carbocycles. The largest absolute Gasteiger partial charge is 0.392 e. The molecule has 0 aliphatic heterocycles. The predicted octanol–water partition coefficient (Wildman–Crippen LogP) is 1.76. The van der Waals surface area contributed by atoms with Gasteiger partial charge in [0.1, 0.15) is 0 Å². The average molecular weight is 167 g/mol. The third-order valence-electron chi connectivity index (χ3n) is 1.59. The quantitative estimate of drug-likeness (QED) is 0.500. The van der Waals surface area contributed by atoms with Gasteiger partial charge in [-0.1, -0.05) is 17.2 Å². The van der Waals surface area contributed by atoms with Crippen molar-refractivity contribution >= 4 is 6.29 Å². The maximum Gasteiger partial charge on any atom is 0.225 e. The van der Waals surface area contributed by atoms with Crippen molar-refractivity contribution in [3.63, 3.8) is 0 Å². The van der Waals surface area contributed by atoms with Gasteiger partial charge in [-0.05, 0) is 32.8 Å². The predicted molar refractivity (Wildman–Crippen MR) is 49.5 cm³/mol. The van der Waals surface area contributed by atoms with Crippen LogP contribution in [0.3, 0.4) is 0 Å². The van der Waals surface area contributed by atoms with Crippen LogP contribution in [0.1, 0.15) is 26.7 Å². The topological polar surface area (TPSA) is 37.3 Å². The van der Waals surface area contributed by atoms with Gasteiger partial charge < -0.3 is 5.11 Å². The smallest absolute Gasteiger partial charge is 0.225 e. The Morgan fingerprint density at radius 2 is 2.08 bits per heavy atom. The van der Waals surface area contributed by atoms with Gasteiger partial charge in [-0.2, -0.15) is 0 Å². The van der Waals surface area contributed by atoms with E-state index in [-0.39, 0.29) is 6.61 Å². The number of carbonyl (C=O) groups excluding carboxylic acids is 1. The Kier molecular flexibility index (Phi) is 6.29. The van der Waals surface area contributed by atoms with Gasteiger partial charge in [0.2, 0.25) is 6.29 Å². The zero-order valence-electron chi connectivity index (χ0n) is 7.63. The lowest BCUT2D eigenvalue weighted by atomic mass is 10.1. The van der Waals surface area contributed by atoms with E-state index >= 15 is 0 Å². The van der Waals surface area contributed by atoms with Crippen LogP contribution < -0.4 is 0 Å². The minimum Gasteiger partial charge on any atom is -0.392 e. The summed E-state index contributed by atoms with van der Waals surface area (Å²) < 4.78 is 0. The van der Waals surface area contributed by atoms with Crippen LogP contribution in [0.2, 0.25) is 0 Å². The zero-order valence-corrected chi connectivity index (χ0v) is 7.63. The van der Waals surface area contributed by atoms with Crippen LogP contribution in [0.5, 0.6) is 0 Å². The molecule has 1 radical (unpaired) electrons. The lowest BCUT2D eigenvalue weighted by molar-refractivity contribution is 0.331. The first-order chi connectivity index (χ1) is 5.70. The molecule has 0 rings (SSSR count). The van der Waals surface area contributed by atoms with E-state index in [0.29, 0.717) is 0 Å². The summed E-state index contributed by atoms with van der Waals surface area (Å²) in [5, 5.41) is 8.66. The summed E-state index contributed by atoms with van der Waals surface area (Å²) in [6.45, 7) is 3.89. The molecule has 67 valence electrons. The number of hydrogen-bond donors (Lipinski definition) is 1. The maximum atomic E-state index is 9.91. The molecule has 0 amide bonds. The minimum absolute atomic E-state index is 0.114. The molecular weight excluding hydrogens is 152 g/mol. The lowest BCUT2D eigenvalue weighted by Crippen LogP contribution is -1.84. The van der Waals surface area contributed by atoms with Gasteiger partial charge >= 0.3 is 0 Å². The van der Waals surface area contributed by atoms with Gasteiger partial charge in [0.05, 0.1) is 6.61 Å². The van der Waals surface area contributed by atoms with Gasteiger partial charge in [0.25, 0.3) is 0 Å². The fourth-order valence-electron chi connectivity index (χ4n) is 0.784. The number of rotatable bonds is 5. The van der Waals surface area contributed by atoms with E-state index in [9.17, 15) is 4.79 Å². The van der Waals surface area contributed by atoms with Crippen LogP contribution in [0.15, 0.2) is 23.3 Å². The molecule has 0 aromatic rings. The van der Waals surface area contributed by atoms with E-state index in [1.54, 1.807) is 6.29 Å². The number of aliphatic hydroxyl groups is 1. The van der Waals surface area contributed by atoms with Crippen molar-refractivity contribution in [3.8, 4) is 0 Å². The number of hydrogen-bond acceptors (Lipinski definition) is 2. The van der Waals surface area contributed by atoms with Crippen LogP contribution in [0, 0.1) is 0 Å². The van der Waals surface area contributed by atoms with Gasteiger partial charge in [-0.25, -0.2) is 0 Å².